The van der Waals surface area contributed by atoms with E-state index >= 15 is 0 Å². The minimum absolute atomic E-state index is 0. The van der Waals surface area contributed by atoms with Crippen LogP contribution < -0.4 is 5.32 Å². The summed E-state index contributed by atoms with van der Waals surface area (Å²) < 4.78 is 0. The Balaban J connectivity index is 0.00000208. The lowest BCUT2D eigenvalue weighted by Crippen LogP contribution is -2.09. The van der Waals surface area contributed by atoms with Gasteiger partial charge in [-0.05, 0) is 12.1 Å². The average Bonchev–Trinajstić information content (AvgIpc) is 2.53. The van der Waals surface area contributed by atoms with Crippen LogP contribution in [0.5, 0.6) is 0 Å². The van der Waals surface area contributed by atoms with Crippen LogP contribution in [0.15, 0.2) is 42.5 Å². The molecule has 1 heterocycles. The first kappa shape index (κ1) is 17.4. The Hall–Kier alpha value is -2.93. The fraction of sp³-hybridized carbons (Fsp3) is 0.125. The number of anilines is 1. The largest absolute Gasteiger partial charge is 0.481 e. The Morgan fingerprint density at radius 1 is 1.17 bits per heavy atom. The number of nitrogens with zero attached hydrogens (tertiary/aromatic N) is 2. The normalized spacial score (nSPS) is 10.3. The summed E-state index contributed by atoms with van der Waals surface area (Å²) in [5.74, 6) is -0.935. The van der Waals surface area contributed by atoms with Gasteiger partial charge in [0.05, 0.1) is 28.1 Å². The van der Waals surface area contributed by atoms with Crippen molar-refractivity contribution in [2.24, 2.45) is 0 Å². The van der Waals surface area contributed by atoms with Gasteiger partial charge in [0, 0.05) is 18.0 Å². The number of para-hydroxylation sites is 1. The molecule has 2 N–H and O–H groups in total. The third kappa shape index (κ3) is 3.21. The molecule has 0 saturated heterocycles. The number of hydrogen-bond acceptors (Lipinski definition) is 5. The van der Waals surface area contributed by atoms with Gasteiger partial charge in [-0.2, -0.15) is 0 Å². The van der Waals surface area contributed by atoms with Gasteiger partial charge in [-0.25, -0.2) is 4.98 Å². The summed E-state index contributed by atoms with van der Waals surface area (Å²) in [6.45, 7) is 0.171. The van der Waals surface area contributed by atoms with E-state index in [9.17, 15) is 14.9 Å². The first-order chi connectivity index (χ1) is 11.1. The molecule has 124 valence electrons. The molecule has 0 fully saturated rings. The van der Waals surface area contributed by atoms with Crippen molar-refractivity contribution < 1.29 is 14.8 Å². The number of rotatable bonds is 5. The Morgan fingerprint density at radius 2 is 1.88 bits per heavy atom. The van der Waals surface area contributed by atoms with E-state index in [0.717, 1.165) is 5.39 Å². The maximum Gasteiger partial charge on any atom is 0.305 e. The molecule has 0 spiro atoms. The summed E-state index contributed by atoms with van der Waals surface area (Å²) in [5.41, 5.74) is 1.67. The fourth-order valence-electron chi connectivity index (χ4n) is 2.55. The lowest BCUT2D eigenvalue weighted by Gasteiger charge is -2.12. The number of pyridine rings is 1. The zero-order valence-electron chi connectivity index (χ0n) is 12.4. The highest BCUT2D eigenvalue weighted by Crippen LogP contribution is 2.36. The number of carboxylic acids is 1. The van der Waals surface area contributed by atoms with E-state index < -0.39 is 10.9 Å². The molecule has 8 heteroatoms. The monoisotopic (exact) mass is 347 g/mol. The molecule has 0 bridgehead atoms. The molecule has 0 aliphatic rings. The van der Waals surface area contributed by atoms with Crippen LogP contribution in [-0.4, -0.2) is 27.5 Å². The molecular formula is C16H14ClN3O4. The number of nitrogens with one attached hydrogen (secondary N) is 1. The summed E-state index contributed by atoms with van der Waals surface area (Å²) >= 11 is 0. The molecule has 0 aliphatic carbocycles. The second-order valence-corrected chi connectivity index (χ2v) is 5.00. The van der Waals surface area contributed by atoms with Crippen molar-refractivity contribution in [1.29, 1.82) is 0 Å². The van der Waals surface area contributed by atoms with E-state index in [0.29, 0.717) is 22.1 Å². The highest BCUT2D eigenvalue weighted by molar-refractivity contribution is 6.11. The minimum atomic E-state index is -0.935. The number of carboxylic acid groups (broad SMARTS) is 1. The molecule has 0 saturated carbocycles. The Morgan fingerprint density at radius 3 is 2.58 bits per heavy atom. The van der Waals surface area contributed by atoms with Crippen LogP contribution in [-0.2, 0) is 4.79 Å². The van der Waals surface area contributed by atoms with Crippen molar-refractivity contribution in [3.8, 4) is 0 Å². The Bertz CT molecular complexity index is 930. The van der Waals surface area contributed by atoms with Crippen molar-refractivity contribution in [1.82, 2.24) is 4.98 Å². The predicted molar refractivity (Wildman–Crippen MR) is 93.9 cm³/mol. The summed E-state index contributed by atoms with van der Waals surface area (Å²) in [6.07, 6.45) is -0.0845. The number of halogens is 1. The number of fused-ring (bicyclic) bond motifs is 2. The molecule has 24 heavy (non-hydrogen) atoms. The van der Waals surface area contributed by atoms with Gasteiger partial charge in [0.25, 0.3) is 5.69 Å². The standard InChI is InChI=1S/C16H13N3O4.ClH/c20-14(21)8-9-17-16-10-4-1-2-5-11(10)18-12-6-3-7-13(15(12)16)19(22)23;/h1-7H,8-9H2,(H,17,18)(H,20,21);1H. The Kier molecular flexibility index (Phi) is 5.15. The lowest BCUT2D eigenvalue weighted by molar-refractivity contribution is -0.383. The zero-order chi connectivity index (χ0) is 16.4. The molecule has 1 aromatic heterocycles. The van der Waals surface area contributed by atoms with E-state index in [-0.39, 0.29) is 31.1 Å². The summed E-state index contributed by atoms with van der Waals surface area (Å²) in [5, 5.41) is 24.3. The maximum atomic E-state index is 11.3. The average molecular weight is 348 g/mol. The summed E-state index contributed by atoms with van der Waals surface area (Å²) in [7, 11) is 0. The number of carbonyl (C=O) groups is 1. The van der Waals surface area contributed by atoms with Gasteiger partial charge in [-0.1, -0.05) is 24.3 Å². The summed E-state index contributed by atoms with van der Waals surface area (Å²) in [6, 6.07) is 12.0. The van der Waals surface area contributed by atoms with Gasteiger partial charge < -0.3 is 10.4 Å². The maximum absolute atomic E-state index is 11.3. The van der Waals surface area contributed by atoms with Crippen molar-refractivity contribution in [2.45, 2.75) is 6.42 Å². The zero-order valence-corrected chi connectivity index (χ0v) is 13.2. The molecule has 3 rings (SSSR count). The van der Waals surface area contributed by atoms with Gasteiger partial charge >= 0.3 is 5.97 Å². The molecule has 0 atom stereocenters. The smallest absolute Gasteiger partial charge is 0.305 e. The molecule has 7 nitrogen and oxygen atoms in total. The molecule has 0 aliphatic heterocycles. The SMILES string of the molecule is Cl.O=C(O)CCNc1c2ccccc2nc2cccc([N+](=O)[O-])c12. The number of aromatic nitrogens is 1. The van der Waals surface area contributed by atoms with Crippen LogP contribution in [0, 0.1) is 10.1 Å². The Labute approximate surface area is 142 Å². The minimum Gasteiger partial charge on any atom is -0.481 e. The van der Waals surface area contributed by atoms with Gasteiger partial charge in [-0.3, -0.25) is 14.9 Å². The summed E-state index contributed by atoms with van der Waals surface area (Å²) in [4.78, 5) is 26.1. The van der Waals surface area contributed by atoms with E-state index in [1.54, 1.807) is 12.1 Å². The van der Waals surface area contributed by atoms with Gasteiger partial charge in [-0.15, -0.1) is 12.4 Å². The van der Waals surface area contributed by atoms with E-state index in [4.69, 9.17) is 5.11 Å². The van der Waals surface area contributed by atoms with E-state index in [2.05, 4.69) is 10.3 Å². The molecule has 0 amide bonds. The fourth-order valence-corrected chi connectivity index (χ4v) is 2.55. The van der Waals surface area contributed by atoms with E-state index in [1.807, 2.05) is 24.3 Å². The third-order valence-corrected chi connectivity index (χ3v) is 3.52. The number of nitro benzene ring substituents is 1. The van der Waals surface area contributed by atoms with E-state index in [1.165, 1.54) is 6.07 Å². The predicted octanol–water partition coefficient (Wildman–Crippen LogP) is 3.60. The van der Waals surface area contributed by atoms with Crippen molar-refractivity contribution in [3.05, 3.63) is 52.6 Å². The van der Waals surface area contributed by atoms with Crippen molar-refractivity contribution >= 4 is 51.6 Å². The first-order valence-electron chi connectivity index (χ1n) is 6.99. The second-order valence-electron chi connectivity index (χ2n) is 5.00. The highest BCUT2D eigenvalue weighted by Gasteiger charge is 2.18. The quantitative estimate of drug-likeness (QED) is 0.415. The number of hydrogen-bond donors (Lipinski definition) is 2. The molecule has 0 radical (unpaired) electrons. The number of nitro groups is 1. The molecule has 3 aromatic rings. The molecule has 2 aromatic carbocycles. The van der Waals surface area contributed by atoms with Crippen LogP contribution >= 0.6 is 12.4 Å². The number of benzene rings is 2. The number of non-ortho nitro benzene ring substituents is 1. The topological polar surface area (TPSA) is 105 Å². The second kappa shape index (κ2) is 7.10. The molecule has 0 unspecified atom stereocenters. The van der Waals surface area contributed by atoms with Crippen LogP contribution in [0.3, 0.4) is 0 Å². The van der Waals surface area contributed by atoms with Crippen molar-refractivity contribution in [2.75, 3.05) is 11.9 Å². The van der Waals surface area contributed by atoms with Gasteiger partial charge in [0.1, 0.15) is 5.39 Å². The van der Waals surface area contributed by atoms with Crippen LogP contribution in [0.2, 0.25) is 0 Å². The lowest BCUT2D eigenvalue weighted by atomic mass is 10.1. The third-order valence-electron chi connectivity index (χ3n) is 3.52. The van der Waals surface area contributed by atoms with Gasteiger partial charge in [0.2, 0.25) is 0 Å². The van der Waals surface area contributed by atoms with Crippen LogP contribution in [0.1, 0.15) is 6.42 Å². The van der Waals surface area contributed by atoms with Crippen LogP contribution in [0.25, 0.3) is 21.8 Å². The van der Waals surface area contributed by atoms with Crippen LogP contribution in [0.4, 0.5) is 11.4 Å². The first-order valence-corrected chi connectivity index (χ1v) is 6.99. The van der Waals surface area contributed by atoms with Crippen molar-refractivity contribution in [3.63, 3.8) is 0 Å². The number of aliphatic carboxylic acids is 1. The van der Waals surface area contributed by atoms with Gasteiger partial charge in [0.15, 0.2) is 0 Å². The molecular weight excluding hydrogens is 334 g/mol. The highest BCUT2D eigenvalue weighted by atomic mass is 35.5.